The second kappa shape index (κ2) is 8.93. The summed E-state index contributed by atoms with van der Waals surface area (Å²) in [5, 5.41) is 20.5. The molecule has 10 heteroatoms. The molecule has 0 spiro atoms. The first-order valence-electron chi connectivity index (χ1n) is 5.48. The van der Waals surface area contributed by atoms with E-state index in [0.29, 0.717) is 0 Å². The van der Waals surface area contributed by atoms with Crippen molar-refractivity contribution >= 4 is 22.3 Å². The molecule has 0 saturated carbocycles. The van der Waals surface area contributed by atoms with Crippen molar-refractivity contribution in [1.82, 2.24) is 10.2 Å². The molecule has 0 heterocycles. The molecule has 0 radical (unpaired) electrons. The molecule has 1 unspecified atom stereocenters. The number of rotatable bonds is 10. The molecule has 0 aromatic rings. The Bertz CT molecular complexity index is 384. The van der Waals surface area contributed by atoms with Gasteiger partial charge >= 0.3 is 0 Å². The second-order valence-corrected chi connectivity index (χ2v) is 5.33. The van der Waals surface area contributed by atoms with Crippen molar-refractivity contribution in [2.24, 2.45) is 0 Å². The number of carbonyl (C=O) groups is 2. The van der Waals surface area contributed by atoms with E-state index in [-0.39, 0.29) is 39.1 Å². The Morgan fingerprint density at radius 3 is 2.47 bits per heavy atom. The number of carbonyl (C=O) groups excluding carboxylic acids is 2. The lowest BCUT2D eigenvalue weighted by Crippen LogP contribution is -2.42. The van der Waals surface area contributed by atoms with Gasteiger partial charge in [-0.2, -0.15) is 8.42 Å². The summed E-state index contributed by atoms with van der Waals surface area (Å²) in [6, 6.07) is 0. The second-order valence-electron chi connectivity index (χ2n) is 3.84. The van der Waals surface area contributed by atoms with E-state index in [9.17, 15) is 23.1 Å². The maximum atomic E-state index is 10.7. The fourth-order valence-corrected chi connectivity index (χ4v) is 2.00. The first-order valence-corrected chi connectivity index (χ1v) is 7.09. The quantitative estimate of drug-likeness (QED) is 0.188. The van der Waals surface area contributed by atoms with Crippen LogP contribution in [-0.2, 0) is 19.7 Å². The van der Waals surface area contributed by atoms with E-state index in [1.54, 1.807) is 0 Å². The Balaban J connectivity index is 4.17. The van der Waals surface area contributed by atoms with Crippen molar-refractivity contribution in [3.05, 3.63) is 0 Å². The molecule has 0 saturated heterocycles. The highest BCUT2D eigenvalue weighted by Gasteiger charge is 2.17. The monoisotopic (exact) mass is 298 g/mol. The standard InChI is InChI=1S/C9H18N2O7S/c12-4-3-11(2-1-10-9(15)6-13)5-8(14)7-19(16,17)18/h6,8,12,14H,1-5,7H2,(H,10,15)(H,16,17,18). The molecule has 0 bridgehead atoms. The molecular formula is C9H18N2O7S. The van der Waals surface area contributed by atoms with E-state index in [2.05, 4.69) is 5.32 Å². The summed E-state index contributed by atoms with van der Waals surface area (Å²) in [6.45, 7) is 0.149. The third kappa shape index (κ3) is 10.5. The Labute approximate surface area is 111 Å². The summed E-state index contributed by atoms with van der Waals surface area (Å²) in [4.78, 5) is 22.2. The molecular weight excluding hydrogens is 280 g/mol. The minimum absolute atomic E-state index is 0.0999. The van der Waals surface area contributed by atoms with Crippen LogP contribution in [0.4, 0.5) is 0 Å². The molecule has 0 aliphatic carbocycles. The summed E-state index contributed by atoms with van der Waals surface area (Å²) in [6.07, 6.45) is -1.20. The highest BCUT2D eigenvalue weighted by atomic mass is 32.2. The molecule has 4 N–H and O–H groups in total. The Hall–Kier alpha value is -1.07. The number of aliphatic hydroxyl groups is 2. The van der Waals surface area contributed by atoms with Crippen LogP contribution in [0.5, 0.6) is 0 Å². The lowest BCUT2D eigenvalue weighted by atomic mass is 10.3. The van der Waals surface area contributed by atoms with Crippen LogP contribution in [0.15, 0.2) is 0 Å². The third-order valence-corrected chi connectivity index (χ3v) is 2.93. The molecule has 9 nitrogen and oxygen atoms in total. The molecule has 0 aliphatic heterocycles. The van der Waals surface area contributed by atoms with E-state index in [1.165, 1.54) is 4.90 Å². The van der Waals surface area contributed by atoms with E-state index in [0.717, 1.165) is 0 Å². The normalized spacial score (nSPS) is 13.3. The van der Waals surface area contributed by atoms with Crippen molar-refractivity contribution in [3.63, 3.8) is 0 Å². The predicted molar refractivity (Wildman–Crippen MR) is 65.0 cm³/mol. The number of nitrogens with one attached hydrogen (secondary N) is 1. The van der Waals surface area contributed by atoms with Crippen LogP contribution in [0.3, 0.4) is 0 Å². The number of nitrogens with zero attached hydrogens (tertiary/aromatic N) is 1. The van der Waals surface area contributed by atoms with Gasteiger partial charge in [0, 0.05) is 26.2 Å². The van der Waals surface area contributed by atoms with E-state index < -0.39 is 27.9 Å². The van der Waals surface area contributed by atoms with Gasteiger partial charge in [-0.3, -0.25) is 19.0 Å². The minimum Gasteiger partial charge on any atom is -0.395 e. The average molecular weight is 298 g/mol. The number of aliphatic hydroxyl groups excluding tert-OH is 2. The van der Waals surface area contributed by atoms with Crippen molar-refractivity contribution in [3.8, 4) is 0 Å². The minimum atomic E-state index is -4.28. The van der Waals surface area contributed by atoms with Crippen LogP contribution in [-0.4, -0.2) is 84.9 Å². The smallest absolute Gasteiger partial charge is 0.284 e. The number of amides is 1. The number of aldehydes is 1. The SMILES string of the molecule is O=CC(=O)NCCN(CCO)CC(O)CS(=O)(=O)O. The largest absolute Gasteiger partial charge is 0.395 e. The highest BCUT2D eigenvalue weighted by molar-refractivity contribution is 7.85. The number of hydrogen-bond donors (Lipinski definition) is 4. The molecule has 112 valence electrons. The van der Waals surface area contributed by atoms with Gasteiger partial charge in [0.05, 0.1) is 12.7 Å². The Morgan fingerprint density at radius 1 is 1.37 bits per heavy atom. The topological polar surface area (TPSA) is 144 Å². The number of hydrogen-bond acceptors (Lipinski definition) is 7. The fourth-order valence-electron chi connectivity index (χ4n) is 1.41. The lowest BCUT2D eigenvalue weighted by molar-refractivity contribution is -0.131. The summed E-state index contributed by atoms with van der Waals surface area (Å²) in [5.74, 6) is -1.60. The van der Waals surface area contributed by atoms with Crippen LogP contribution in [0.1, 0.15) is 0 Å². The van der Waals surface area contributed by atoms with Crippen molar-refractivity contribution < 1.29 is 32.8 Å². The zero-order valence-electron chi connectivity index (χ0n) is 10.2. The molecule has 0 aromatic carbocycles. The summed E-state index contributed by atoms with van der Waals surface area (Å²) < 4.78 is 29.7. The van der Waals surface area contributed by atoms with Crippen LogP contribution >= 0.6 is 0 Å². The van der Waals surface area contributed by atoms with Gasteiger partial charge in [-0.05, 0) is 0 Å². The molecule has 0 aromatic heterocycles. The highest BCUT2D eigenvalue weighted by Crippen LogP contribution is 1.96. The lowest BCUT2D eigenvalue weighted by Gasteiger charge is -2.23. The first-order chi connectivity index (χ1) is 8.78. The molecule has 0 aliphatic rings. The van der Waals surface area contributed by atoms with E-state index in [4.69, 9.17) is 9.66 Å². The van der Waals surface area contributed by atoms with Crippen LogP contribution in [0.25, 0.3) is 0 Å². The molecule has 1 amide bonds. The molecule has 19 heavy (non-hydrogen) atoms. The summed E-state index contributed by atoms with van der Waals surface area (Å²) in [5.41, 5.74) is 0. The van der Waals surface area contributed by atoms with Crippen LogP contribution in [0, 0.1) is 0 Å². The van der Waals surface area contributed by atoms with Crippen molar-refractivity contribution in [1.29, 1.82) is 0 Å². The summed E-state index contributed by atoms with van der Waals surface area (Å²) in [7, 11) is -4.28. The third-order valence-electron chi connectivity index (χ3n) is 2.12. The van der Waals surface area contributed by atoms with Crippen LogP contribution in [0.2, 0.25) is 0 Å². The zero-order valence-corrected chi connectivity index (χ0v) is 11.0. The maximum absolute atomic E-state index is 10.7. The summed E-state index contributed by atoms with van der Waals surface area (Å²) >= 11 is 0. The Morgan fingerprint density at radius 2 is 2.00 bits per heavy atom. The van der Waals surface area contributed by atoms with Gasteiger partial charge < -0.3 is 15.5 Å². The van der Waals surface area contributed by atoms with E-state index in [1.807, 2.05) is 0 Å². The molecule has 0 rings (SSSR count). The maximum Gasteiger partial charge on any atom is 0.284 e. The van der Waals surface area contributed by atoms with Gasteiger partial charge in [0.2, 0.25) is 6.29 Å². The Kier molecular flexibility index (Phi) is 8.43. The van der Waals surface area contributed by atoms with E-state index >= 15 is 0 Å². The van der Waals surface area contributed by atoms with Crippen LogP contribution < -0.4 is 5.32 Å². The van der Waals surface area contributed by atoms with Crippen molar-refractivity contribution in [2.75, 3.05) is 38.5 Å². The first kappa shape index (κ1) is 17.9. The van der Waals surface area contributed by atoms with Gasteiger partial charge in [-0.25, -0.2) is 0 Å². The van der Waals surface area contributed by atoms with Gasteiger partial charge in [-0.1, -0.05) is 0 Å². The van der Waals surface area contributed by atoms with Gasteiger partial charge in [0.15, 0.2) is 0 Å². The fraction of sp³-hybridized carbons (Fsp3) is 0.778. The van der Waals surface area contributed by atoms with Gasteiger partial charge in [0.1, 0.15) is 5.75 Å². The average Bonchev–Trinajstić information content (AvgIpc) is 2.26. The molecule has 1 atom stereocenters. The predicted octanol–water partition coefficient (Wildman–Crippen LogP) is -3.16. The van der Waals surface area contributed by atoms with Gasteiger partial charge in [0.25, 0.3) is 16.0 Å². The zero-order chi connectivity index (χ0) is 14.9. The van der Waals surface area contributed by atoms with Gasteiger partial charge in [-0.15, -0.1) is 0 Å². The van der Waals surface area contributed by atoms with Crippen molar-refractivity contribution in [2.45, 2.75) is 6.10 Å². The molecule has 0 fully saturated rings.